The molecule has 0 radical (unpaired) electrons. The van der Waals surface area contributed by atoms with E-state index in [1.165, 1.54) is 0 Å². The molecule has 1 aromatic rings. The minimum Gasteiger partial charge on any atom is -0.377 e. The summed E-state index contributed by atoms with van der Waals surface area (Å²) in [6, 6.07) is 0.400. The predicted molar refractivity (Wildman–Crippen MR) is 62.1 cm³/mol. The van der Waals surface area contributed by atoms with E-state index < -0.39 is 0 Å². The van der Waals surface area contributed by atoms with Gasteiger partial charge in [0.05, 0.1) is 12.7 Å². The molecule has 1 heterocycles. The Morgan fingerprint density at radius 3 is 2.73 bits per heavy atom. The highest BCUT2D eigenvalue weighted by atomic mass is 16.5. The van der Waals surface area contributed by atoms with Gasteiger partial charge in [0.1, 0.15) is 0 Å². The Hall–Kier alpha value is -1.03. The standard InChI is InChI=1S/C11H21N3O/c1-9(2)13-11-12-5-6-14(11)7-8-15-10(3)4/h5-6,9-10H,7-8H2,1-4H3,(H,12,13). The van der Waals surface area contributed by atoms with Gasteiger partial charge in [0.2, 0.25) is 5.95 Å². The van der Waals surface area contributed by atoms with E-state index >= 15 is 0 Å². The van der Waals surface area contributed by atoms with Crippen LogP contribution in [0.15, 0.2) is 12.4 Å². The topological polar surface area (TPSA) is 39.1 Å². The molecule has 0 spiro atoms. The molecule has 1 rings (SSSR count). The normalized spacial score (nSPS) is 11.3. The summed E-state index contributed by atoms with van der Waals surface area (Å²) in [4.78, 5) is 4.25. The summed E-state index contributed by atoms with van der Waals surface area (Å²) in [6.45, 7) is 9.85. The monoisotopic (exact) mass is 211 g/mol. The third-order valence-corrected chi connectivity index (χ3v) is 1.92. The van der Waals surface area contributed by atoms with Gasteiger partial charge in [0.15, 0.2) is 0 Å². The lowest BCUT2D eigenvalue weighted by atomic mass is 10.4. The van der Waals surface area contributed by atoms with Crippen molar-refractivity contribution in [1.82, 2.24) is 9.55 Å². The minimum atomic E-state index is 0.287. The fraction of sp³-hybridized carbons (Fsp3) is 0.727. The van der Waals surface area contributed by atoms with Crippen molar-refractivity contribution >= 4 is 5.95 Å². The van der Waals surface area contributed by atoms with Crippen molar-refractivity contribution in [2.75, 3.05) is 11.9 Å². The van der Waals surface area contributed by atoms with Gasteiger partial charge in [-0.2, -0.15) is 0 Å². The average Bonchev–Trinajstić information content (AvgIpc) is 2.51. The molecule has 0 aliphatic rings. The maximum absolute atomic E-state index is 5.50. The van der Waals surface area contributed by atoms with Crippen LogP contribution in [-0.2, 0) is 11.3 Å². The molecule has 4 nitrogen and oxygen atoms in total. The summed E-state index contributed by atoms with van der Waals surface area (Å²) in [5, 5.41) is 3.29. The summed E-state index contributed by atoms with van der Waals surface area (Å²) in [7, 11) is 0. The molecule has 0 bridgehead atoms. The summed E-state index contributed by atoms with van der Waals surface area (Å²) in [5.74, 6) is 0.914. The van der Waals surface area contributed by atoms with Gasteiger partial charge in [-0.1, -0.05) is 0 Å². The quantitative estimate of drug-likeness (QED) is 0.783. The van der Waals surface area contributed by atoms with Gasteiger partial charge < -0.3 is 14.6 Å². The maximum atomic E-state index is 5.50. The summed E-state index contributed by atoms with van der Waals surface area (Å²) in [5.41, 5.74) is 0. The number of ether oxygens (including phenoxy) is 1. The molecule has 0 aromatic carbocycles. The van der Waals surface area contributed by atoms with Gasteiger partial charge in [0, 0.05) is 25.0 Å². The number of nitrogens with zero attached hydrogens (tertiary/aromatic N) is 2. The van der Waals surface area contributed by atoms with Crippen LogP contribution in [0.5, 0.6) is 0 Å². The lowest BCUT2D eigenvalue weighted by molar-refractivity contribution is 0.0730. The first kappa shape index (κ1) is 12.0. The zero-order valence-electron chi connectivity index (χ0n) is 10.0. The van der Waals surface area contributed by atoms with E-state index in [-0.39, 0.29) is 6.10 Å². The van der Waals surface area contributed by atoms with Crippen LogP contribution in [0.4, 0.5) is 5.95 Å². The molecule has 0 aliphatic heterocycles. The van der Waals surface area contributed by atoms with Crippen molar-refractivity contribution in [3.63, 3.8) is 0 Å². The fourth-order valence-electron chi connectivity index (χ4n) is 1.27. The van der Waals surface area contributed by atoms with Gasteiger partial charge in [-0.25, -0.2) is 4.98 Å². The minimum absolute atomic E-state index is 0.287. The van der Waals surface area contributed by atoms with E-state index in [2.05, 4.69) is 28.7 Å². The Morgan fingerprint density at radius 2 is 2.13 bits per heavy atom. The van der Waals surface area contributed by atoms with Gasteiger partial charge in [-0.05, 0) is 27.7 Å². The Labute approximate surface area is 91.7 Å². The molecule has 0 atom stereocenters. The summed E-state index contributed by atoms with van der Waals surface area (Å²) >= 11 is 0. The van der Waals surface area contributed by atoms with E-state index in [1.807, 2.05) is 20.0 Å². The second kappa shape index (κ2) is 5.75. The lowest BCUT2D eigenvalue weighted by Gasteiger charge is -2.13. The molecule has 0 amide bonds. The Balaban J connectivity index is 2.43. The van der Waals surface area contributed by atoms with Crippen molar-refractivity contribution in [1.29, 1.82) is 0 Å². The van der Waals surface area contributed by atoms with Crippen LogP contribution in [-0.4, -0.2) is 28.3 Å². The number of hydrogen-bond donors (Lipinski definition) is 1. The zero-order chi connectivity index (χ0) is 11.3. The molecule has 1 aromatic heterocycles. The molecule has 0 saturated carbocycles. The third-order valence-electron chi connectivity index (χ3n) is 1.92. The van der Waals surface area contributed by atoms with Crippen molar-refractivity contribution in [2.24, 2.45) is 0 Å². The number of rotatable bonds is 6. The number of imidazole rings is 1. The molecular weight excluding hydrogens is 190 g/mol. The molecule has 0 saturated heterocycles. The third kappa shape index (κ3) is 4.34. The first-order chi connectivity index (χ1) is 7.09. The van der Waals surface area contributed by atoms with E-state index in [0.29, 0.717) is 6.04 Å². The highest BCUT2D eigenvalue weighted by molar-refractivity contribution is 5.26. The fourth-order valence-corrected chi connectivity index (χ4v) is 1.27. The average molecular weight is 211 g/mol. The van der Waals surface area contributed by atoms with Crippen molar-refractivity contribution in [3.8, 4) is 0 Å². The molecule has 0 aliphatic carbocycles. The molecule has 1 N–H and O–H groups in total. The number of hydrogen-bond acceptors (Lipinski definition) is 3. The summed E-state index contributed by atoms with van der Waals surface area (Å²) < 4.78 is 7.57. The highest BCUT2D eigenvalue weighted by Gasteiger charge is 2.03. The van der Waals surface area contributed by atoms with Crippen molar-refractivity contribution in [3.05, 3.63) is 12.4 Å². The highest BCUT2D eigenvalue weighted by Crippen LogP contribution is 2.05. The van der Waals surface area contributed by atoms with Crippen LogP contribution < -0.4 is 5.32 Å². The van der Waals surface area contributed by atoms with Crippen molar-refractivity contribution in [2.45, 2.75) is 46.4 Å². The Morgan fingerprint density at radius 1 is 1.40 bits per heavy atom. The molecule has 15 heavy (non-hydrogen) atoms. The van der Waals surface area contributed by atoms with Crippen LogP contribution >= 0.6 is 0 Å². The first-order valence-corrected chi connectivity index (χ1v) is 5.49. The maximum Gasteiger partial charge on any atom is 0.203 e. The SMILES string of the molecule is CC(C)Nc1nccn1CCOC(C)C. The smallest absolute Gasteiger partial charge is 0.203 e. The molecule has 0 unspecified atom stereocenters. The zero-order valence-corrected chi connectivity index (χ0v) is 10.0. The Kier molecular flexibility index (Phi) is 4.62. The number of anilines is 1. The number of aromatic nitrogens is 2. The second-order valence-electron chi connectivity index (χ2n) is 4.16. The Bertz CT molecular complexity index is 281. The summed E-state index contributed by atoms with van der Waals surface area (Å²) in [6.07, 6.45) is 4.06. The number of nitrogens with one attached hydrogen (secondary N) is 1. The van der Waals surface area contributed by atoms with Crippen LogP contribution in [0.2, 0.25) is 0 Å². The van der Waals surface area contributed by atoms with Crippen LogP contribution in [0, 0.1) is 0 Å². The van der Waals surface area contributed by atoms with Crippen LogP contribution in [0.1, 0.15) is 27.7 Å². The largest absolute Gasteiger partial charge is 0.377 e. The second-order valence-corrected chi connectivity index (χ2v) is 4.16. The van der Waals surface area contributed by atoms with Crippen LogP contribution in [0.25, 0.3) is 0 Å². The van der Waals surface area contributed by atoms with Crippen molar-refractivity contribution < 1.29 is 4.74 Å². The van der Waals surface area contributed by atoms with E-state index in [4.69, 9.17) is 4.74 Å². The molecular formula is C11H21N3O. The van der Waals surface area contributed by atoms with Gasteiger partial charge in [0.25, 0.3) is 0 Å². The van der Waals surface area contributed by atoms with Gasteiger partial charge in [-0.3, -0.25) is 0 Å². The first-order valence-electron chi connectivity index (χ1n) is 5.49. The lowest BCUT2D eigenvalue weighted by Crippen LogP contribution is -2.17. The van der Waals surface area contributed by atoms with E-state index in [0.717, 1.165) is 19.1 Å². The van der Waals surface area contributed by atoms with Gasteiger partial charge in [-0.15, -0.1) is 0 Å². The van der Waals surface area contributed by atoms with E-state index in [1.54, 1.807) is 6.20 Å². The molecule has 0 fully saturated rings. The van der Waals surface area contributed by atoms with E-state index in [9.17, 15) is 0 Å². The van der Waals surface area contributed by atoms with Crippen LogP contribution in [0.3, 0.4) is 0 Å². The van der Waals surface area contributed by atoms with Gasteiger partial charge >= 0.3 is 0 Å². The molecule has 4 heteroatoms. The predicted octanol–water partition coefficient (Wildman–Crippen LogP) is 2.13. The molecule has 86 valence electrons.